The Morgan fingerprint density at radius 1 is 0.821 bits per heavy atom. The van der Waals surface area contributed by atoms with E-state index >= 15 is 0 Å². The van der Waals surface area contributed by atoms with E-state index in [-0.39, 0.29) is 23.8 Å². The summed E-state index contributed by atoms with van der Waals surface area (Å²) in [5, 5.41) is 24.8. The number of carbonyl (C=O) groups is 1. The number of hydrazone groups is 1. The summed E-state index contributed by atoms with van der Waals surface area (Å²) in [4.78, 5) is 12.3. The number of para-hydroxylation sites is 1. The Morgan fingerprint density at radius 3 is 2.21 bits per heavy atom. The fraction of sp³-hybridized carbons (Fsp3) is 0.0435. The minimum absolute atomic E-state index is 0.0442. The molecule has 3 aromatic carbocycles. The molecule has 1 amide bonds. The van der Waals surface area contributed by atoms with Crippen molar-refractivity contribution in [2.75, 3.05) is 5.01 Å². The van der Waals surface area contributed by atoms with Gasteiger partial charge in [0.15, 0.2) is 11.5 Å². The highest BCUT2D eigenvalue weighted by atomic mass is 16.3. The number of rotatable bonds is 4. The first-order chi connectivity index (χ1) is 13.6. The van der Waals surface area contributed by atoms with Gasteiger partial charge in [0.25, 0.3) is 5.91 Å². The summed E-state index contributed by atoms with van der Waals surface area (Å²) in [5.74, 6) is -0.334. The van der Waals surface area contributed by atoms with E-state index in [2.05, 4.69) is 5.10 Å². The molecule has 0 fully saturated rings. The highest BCUT2D eigenvalue weighted by molar-refractivity contribution is 6.19. The zero-order chi connectivity index (χ0) is 19.5. The maximum absolute atomic E-state index is 12.3. The molecule has 0 spiro atoms. The number of hydrogen-bond acceptors (Lipinski definition) is 4. The van der Waals surface area contributed by atoms with Gasteiger partial charge in [0.2, 0.25) is 0 Å². The molecule has 0 atom stereocenters. The molecule has 0 unspecified atom stereocenters. The zero-order valence-electron chi connectivity index (χ0n) is 15.0. The number of aromatic hydroxyl groups is 2. The molecule has 5 heteroatoms. The van der Waals surface area contributed by atoms with Crippen molar-refractivity contribution in [1.29, 1.82) is 0 Å². The number of phenolic OH excluding ortho intramolecular Hbond substituents is 2. The standard InChI is InChI=1S/C23H18N2O3/c26-21-13-10-17(14-22(21)27)7-6-16-8-11-18(12-9-16)20-15-23(28)25(24-20)19-4-2-1-3-5-19/h1-14,26-27H,15H2. The molecular weight excluding hydrogens is 352 g/mol. The lowest BCUT2D eigenvalue weighted by atomic mass is 10.0. The Balaban J connectivity index is 1.51. The fourth-order valence-electron chi connectivity index (χ4n) is 2.98. The van der Waals surface area contributed by atoms with Crippen LogP contribution >= 0.6 is 0 Å². The third kappa shape index (κ3) is 3.64. The second-order valence-electron chi connectivity index (χ2n) is 6.47. The second kappa shape index (κ2) is 7.40. The van der Waals surface area contributed by atoms with E-state index in [1.54, 1.807) is 6.07 Å². The van der Waals surface area contributed by atoms with Gasteiger partial charge in [0.1, 0.15) is 0 Å². The SMILES string of the molecule is O=C1CC(c2ccc(C=Cc3ccc(O)c(O)c3)cc2)=NN1c1ccccc1. The molecule has 0 aromatic heterocycles. The molecule has 138 valence electrons. The maximum atomic E-state index is 12.3. The van der Waals surface area contributed by atoms with Gasteiger partial charge >= 0.3 is 0 Å². The first-order valence-electron chi connectivity index (χ1n) is 8.86. The van der Waals surface area contributed by atoms with Gasteiger partial charge in [-0.3, -0.25) is 4.79 Å². The summed E-state index contributed by atoms with van der Waals surface area (Å²) in [5.41, 5.74) is 4.17. The van der Waals surface area contributed by atoms with E-state index in [1.807, 2.05) is 66.7 Å². The molecule has 1 aliphatic rings. The number of benzene rings is 3. The van der Waals surface area contributed by atoms with Crippen LogP contribution in [0.1, 0.15) is 23.1 Å². The van der Waals surface area contributed by atoms with Gasteiger partial charge in [0.05, 0.1) is 17.8 Å². The van der Waals surface area contributed by atoms with Gasteiger partial charge in [-0.15, -0.1) is 0 Å². The van der Waals surface area contributed by atoms with Gasteiger partial charge in [-0.1, -0.05) is 60.7 Å². The summed E-state index contributed by atoms with van der Waals surface area (Å²) < 4.78 is 0. The Bertz CT molecular complexity index is 1070. The van der Waals surface area contributed by atoms with Gasteiger partial charge in [0, 0.05) is 0 Å². The Kier molecular flexibility index (Phi) is 4.64. The fourth-order valence-corrected chi connectivity index (χ4v) is 2.98. The van der Waals surface area contributed by atoms with Crippen LogP contribution in [-0.2, 0) is 4.79 Å². The van der Waals surface area contributed by atoms with Crippen molar-refractivity contribution in [2.45, 2.75) is 6.42 Å². The molecule has 3 aromatic rings. The smallest absolute Gasteiger partial charge is 0.253 e. The van der Waals surface area contributed by atoms with Crippen LogP contribution in [0.2, 0.25) is 0 Å². The second-order valence-corrected chi connectivity index (χ2v) is 6.47. The number of nitrogens with zero attached hydrogens (tertiary/aromatic N) is 2. The lowest BCUT2D eigenvalue weighted by molar-refractivity contribution is -0.116. The van der Waals surface area contributed by atoms with Gasteiger partial charge < -0.3 is 10.2 Å². The van der Waals surface area contributed by atoms with Crippen LogP contribution in [0, 0.1) is 0 Å². The summed E-state index contributed by atoms with van der Waals surface area (Å²) in [7, 11) is 0. The molecule has 0 bridgehead atoms. The van der Waals surface area contributed by atoms with E-state index in [1.165, 1.54) is 17.1 Å². The Hall–Kier alpha value is -3.86. The molecular formula is C23H18N2O3. The minimum Gasteiger partial charge on any atom is -0.504 e. The van der Waals surface area contributed by atoms with Crippen molar-refractivity contribution >= 4 is 29.5 Å². The maximum Gasteiger partial charge on any atom is 0.253 e. The molecule has 1 heterocycles. The van der Waals surface area contributed by atoms with E-state index in [4.69, 9.17) is 0 Å². The zero-order valence-corrected chi connectivity index (χ0v) is 15.0. The lowest BCUT2D eigenvalue weighted by Gasteiger charge is -2.10. The van der Waals surface area contributed by atoms with E-state index in [9.17, 15) is 15.0 Å². The average Bonchev–Trinajstić information content (AvgIpc) is 3.11. The average molecular weight is 370 g/mol. The van der Waals surface area contributed by atoms with Crippen LogP contribution in [0.5, 0.6) is 11.5 Å². The monoisotopic (exact) mass is 370 g/mol. The van der Waals surface area contributed by atoms with Crippen molar-refractivity contribution in [1.82, 2.24) is 0 Å². The van der Waals surface area contributed by atoms with E-state index in [0.717, 1.165) is 28.1 Å². The third-order valence-corrected chi connectivity index (χ3v) is 4.49. The molecule has 1 aliphatic heterocycles. The van der Waals surface area contributed by atoms with Crippen LogP contribution in [-0.4, -0.2) is 21.8 Å². The summed E-state index contributed by atoms with van der Waals surface area (Å²) in [6, 6.07) is 21.8. The number of amides is 1. The first kappa shape index (κ1) is 17.5. The summed E-state index contributed by atoms with van der Waals surface area (Å²) >= 11 is 0. The predicted octanol–water partition coefficient (Wildman–Crippen LogP) is 4.41. The lowest BCUT2D eigenvalue weighted by Crippen LogP contribution is -2.19. The van der Waals surface area contributed by atoms with Gasteiger partial charge in [-0.2, -0.15) is 5.10 Å². The van der Waals surface area contributed by atoms with Crippen molar-refractivity contribution < 1.29 is 15.0 Å². The van der Waals surface area contributed by atoms with Crippen LogP contribution < -0.4 is 5.01 Å². The van der Waals surface area contributed by atoms with Crippen LogP contribution in [0.25, 0.3) is 12.2 Å². The first-order valence-corrected chi connectivity index (χ1v) is 8.86. The predicted molar refractivity (Wildman–Crippen MR) is 110 cm³/mol. The molecule has 0 saturated carbocycles. The van der Waals surface area contributed by atoms with Gasteiger partial charge in [-0.05, 0) is 41.0 Å². The summed E-state index contributed by atoms with van der Waals surface area (Å²) in [6.07, 6.45) is 4.03. The summed E-state index contributed by atoms with van der Waals surface area (Å²) in [6.45, 7) is 0. The van der Waals surface area contributed by atoms with Crippen molar-refractivity contribution in [2.24, 2.45) is 5.10 Å². The molecule has 28 heavy (non-hydrogen) atoms. The molecule has 5 nitrogen and oxygen atoms in total. The molecule has 0 aliphatic carbocycles. The van der Waals surface area contributed by atoms with Crippen molar-refractivity contribution in [3.05, 3.63) is 89.5 Å². The van der Waals surface area contributed by atoms with Gasteiger partial charge in [-0.25, -0.2) is 5.01 Å². The number of hydrogen-bond donors (Lipinski definition) is 2. The molecule has 2 N–H and O–H groups in total. The normalized spacial score (nSPS) is 13.9. The number of anilines is 1. The minimum atomic E-state index is -0.149. The topological polar surface area (TPSA) is 73.1 Å². The molecule has 0 saturated heterocycles. The van der Waals surface area contributed by atoms with Crippen LogP contribution in [0.4, 0.5) is 5.69 Å². The Labute approximate surface area is 162 Å². The number of carbonyl (C=O) groups excluding carboxylic acids is 1. The third-order valence-electron chi connectivity index (χ3n) is 4.49. The largest absolute Gasteiger partial charge is 0.504 e. The Morgan fingerprint density at radius 2 is 1.50 bits per heavy atom. The molecule has 0 radical (unpaired) electrons. The number of phenols is 2. The highest BCUT2D eigenvalue weighted by Crippen LogP contribution is 2.26. The van der Waals surface area contributed by atoms with Crippen molar-refractivity contribution in [3.63, 3.8) is 0 Å². The van der Waals surface area contributed by atoms with E-state index < -0.39 is 0 Å². The van der Waals surface area contributed by atoms with Crippen LogP contribution in [0.3, 0.4) is 0 Å². The van der Waals surface area contributed by atoms with Crippen molar-refractivity contribution in [3.8, 4) is 11.5 Å². The molecule has 4 rings (SSSR count). The van der Waals surface area contributed by atoms with E-state index in [0.29, 0.717) is 0 Å². The highest BCUT2D eigenvalue weighted by Gasteiger charge is 2.25. The van der Waals surface area contributed by atoms with Crippen LogP contribution in [0.15, 0.2) is 77.9 Å². The quantitative estimate of drug-likeness (QED) is 0.528.